The van der Waals surface area contributed by atoms with Gasteiger partial charge in [0.2, 0.25) is 5.95 Å². The van der Waals surface area contributed by atoms with Crippen LogP contribution in [0.4, 0.5) is 4.39 Å². The van der Waals surface area contributed by atoms with Crippen LogP contribution < -0.4 is 0 Å². The van der Waals surface area contributed by atoms with Crippen LogP contribution >= 0.6 is 0 Å². The van der Waals surface area contributed by atoms with Crippen LogP contribution in [0.25, 0.3) is 17.0 Å². The first-order valence-corrected chi connectivity index (χ1v) is 5.49. The lowest BCUT2D eigenvalue weighted by atomic mass is 10.2. The highest BCUT2D eigenvalue weighted by Crippen LogP contribution is 2.18. The number of aromatic amines is 1. The van der Waals surface area contributed by atoms with Crippen molar-refractivity contribution in [3.8, 4) is 5.95 Å². The third kappa shape index (κ3) is 1.85. The Labute approximate surface area is 106 Å². The maximum atomic E-state index is 13.4. The lowest BCUT2D eigenvalue weighted by Crippen LogP contribution is -1.97. The Balaban J connectivity index is 2.12. The fourth-order valence-electron chi connectivity index (χ4n) is 1.78. The van der Waals surface area contributed by atoms with E-state index in [0.717, 1.165) is 0 Å². The number of carboxylic acids is 1. The van der Waals surface area contributed by atoms with Crippen molar-refractivity contribution in [3.63, 3.8) is 0 Å². The zero-order chi connectivity index (χ0) is 13.6. The number of aryl methyl sites for hydroxylation is 1. The number of benzene rings is 1. The summed E-state index contributed by atoms with van der Waals surface area (Å²) in [5, 5.41) is 12.7. The minimum atomic E-state index is -1.07. The summed E-state index contributed by atoms with van der Waals surface area (Å²) < 4.78 is 14.7. The number of H-pyrrole nitrogens is 1. The number of fused-ring (bicyclic) bond motifs is 1. The average Bonchev–Trinajstić information content (AvgIpc) is 2.95. The first-order chi connectivity index (χ1) is 9.04. The maximum absolute atomic E-state index is 13.4. The van der Waals surface area contributed by atoms with Crippen LogP contribution in [0.15, 0.2) is 24.5 Å². The number of rotatable bonds is 2. The van der Waals surface area contributed by atoms with Crippen LogP contribution in [-0.2, 0) is 0 Å². The average molecular weight is 260 g/mol. The molecule has 0 unspecified atom stereocenters. The molecule has 0 atom stereocenters. The summed E-state index contributed by atoms with van der Waals surface area (Å²) in [6, 6.07) is 2.97. The van der Waals surface area contributed by atoms with E-state index >= 15 is 0 Å². The molecule has 2 N–H and O–H groups in total. The zero-order valence-corrected chi connectivity index (χ0v) is 9.88. The molecule has 96 valence electrons. The number of halogens is 1. The van der Waals surface area contributed by atoms with E-state index in [9.17, 15) is 9.18 Å². The molecular weight excluding hydrogens is 251 g/mol. The van der Waals surface area contributed by atoms with E-state index < -0.39 is 5.97 Å². The fraction of sp³-hybridized carbons (Fsp3) is 0.0833. The van der Waals surface area contributed by atoms with Crippen molar-refractivity contribution in [3.05, 3.63) is 41.5 Å². The second-order valence-corrected chi connectivity index (χ2v) is 4.16. The van der Waals surface area contributed by atoms with E-state index in [-0.39, 0.29) is 11.4 Å². The molecule has 0 amide bonds. The highest BCUT2D eigenvalue weighted by Gasteiger charge is 2.11. The Morgan fingerprint density at radius 3 is 2.95 bits per heavy atom. The van der Waals surface area contributed by atoms with Crippen molar-refractivity contribution in [2.24, 2.45) is 0 Å². The smallest absolute Gasteiger partial charge is 0.338 e. The number of nitrogens with zero attached hydrogens (tertiary/aromatic N) is 3. The quantitative estimate of drug-likeness (QED) is 0.737. The van der Waals surface area contributed by atoms with Crippen LogP contribution in [0.1, 0.15) is 15.9 Å². The zero-order valence-electron chi connectivity index (χ0n) is 9.88. The Morgan fingerprint density at radius 1 is 1.47 bits per heavy atom. The molecule has 0 bridgehead atoms. The summed E-state index contributed by atoms with van der Waals surface area (Å²) in [5.74, 6) is -1.06. The molecule has 1 aromatic carbocycles. The van der Waals surface area contributed by atoms with E-state index in [1.54, 1.807) is 13.0 Å². The van der Waals surface area contributed by atoms with Crippen molar-refractivity contribution < 1.29 is 14.3 Å². The maximum Gasteiger partial charge on any atom is 0.338 e. The molecule has 6 nitrogen and oxygen atoms in total. The van der Waals surface area contributed by atoms with Gasteiger partial charge < -0.3 is 10.1 Å². The monoisotopic (exact) mass is 260 g/mol. The minimum Gasteiger partial charge on any atom is -0.478 e. The summed E-state index contributed by atoms with van der Waals surface area (Å²) in [6.07, 6.45) is 2.56. The first-order valence-electron chi connectivity index (χ1n) is 5.49. The molecule has 0 radical (unpaired) electrons. The van der Waals surface area contributed by atoms with Gasteiger partial charge >= 0.3 is 5.97 Å². The summed E-state index contributed by atoms with van der Waals surface area (Å²) >= 11 is 0. The largest absolute Gasteiger partial charge is 0.478 e. The molecule has 0 saturated heterocycles. The molecule has 0 spiro atoms. The molecule has 7 heteroatoms. The number of imidazole rings is 1. The van der Waals surface area contributed by atoms with Crippen LogP contribution in [0, 0.1) is 12.7 Å². The van der Waals surface area contributed by atoms with Gasteiger partial charge in [-0.2, -0.15) is 5.10 Å². The van der Waals surface area contributed by atoms with Crippen LogP contribution in [0.5, 0.6) is 0 Å². The van der Waals surface area contributed by atoms with Crippen molar-refractivity contribution in [1.29, 1.82) is 0 Å². The molecule has 0 saturated carbocycles. The Bertz CT molecular complexity index is 751. The lowest BCUT2D eigenvalue weighted by molar-refractivity contribution is 0.0697. The fourth-order valence-corrected chi connectivity index (χ4v) is 1.78. The second kappa shape index (κ2) is 3.91. The van der Waals surface area contributed by atoms with Gasteiger partial charge in [-0.05, 0) is 18.6 Å². The third-order valence-electron chi connectivity index (χ3n) is 2.80. The van der Waals surface area contributed by atoms with E-state index in [1.807, 2.05) is 0 Å². The van der Waals surface area contributed by atoms with E-state index in [1.165, 1.54) is 23.1 Å². The molecular formula is C12H9FN4O2. The summed E-state index contributed by atoms with van der Waals surface area (Å²) in [5.41, 5.74) is 1.70. The molecule has 3 aromatic rings. The van der Waals surface area contributed by atoms with Gasteiger partial charge in [0.05, 0.1) is 22.8 Å². The second-order valence-electron chi connectivity index (χ2n) is 4.16. The molecule has 0 aliphatic heterocycles. The Hall–Kier alpha value is -2.70. The van der Waals surface area contributed by atoms with E-state index in [4.69, 9.17) is 5.11 Å². The Morgan fingerprint density at radius 2 is 2.26 bits per heavy atom. The predicted molar refractivity (Wildman–Crippen MR) is 64.9 cm³/mol. The highest BCUT2D eigenvalue weighted by atomic mass is 19.1. The number of aromatic nitrogens is 4. The number of carbonyl (C=O) groups is 1. The van der Waals surface area contributed by atoms with Crippen LogP contribution in [-0.4, -0.2) is 30.8 Å². The molecule has 2 heterocycles. The standard InChI is InChI=1S/C12H9FN4O2/c1-6-2-9-10(3-8(6)13)16-12(15-9)17-5-7(4-14-17)11(18)19/h2-5H,1H3,(H,15,16)(H,18,19). The van der Waals surface area contributed by atoms with Crippen molar-refractivity contribution in [1.82, 2.24) is 19.7 Å². The summed E-state index contributed by atoms with van der Waals surface area (Å²) in [7, 11) is 0. The topological polar surface area (TPSA) is 83.8 Å². The van der Waals surface area contributed by atoms with Gasteiger partial charge in [0.25, 0.3) is 0 Å². The highest BCUT2D eigenvalue weighted by molar-refractivity contribution is 5.87. The minimum absolute atomic E-state index is 0.0582. The number of hydrogen-bond acceptors (Lipinski definition) is 3. The first kappa shape index (κ1) is 11.4. The molecule has 0 aliphatic rings. The third-order valence-corrected chi connectivity index (χ3v) is 2.80. The SMILES string of the molecule is Cc1cc2[nH]c(-n3cc(C(=O)O)cn3)nc2cc1F. The predicted octanol–water partition coefficient (Wildman–Crippen LogP) is 1.89. The van der Waals surface area contributed by atoms with Gasteiger partial charge in [-0.25, -0.2) is 18.9 Å². The van der Waals surface area contributed by atoms with Gasteiger partial charge in [0.15, 0.2) is 0 Å². The number of carboxylic acid groups (broad SMARTS) is 1. The van der Waals surface area contributed by atoms with Crippen molar-refractivity contribution in [2.45, 2.75) is 6.92 Å². The van der Waals surface area contributed by atoms with E-state index in [0.29, 0.717) is 22.5 Å². The normalized spacial score (nSPS) is 11.1. The molecule has 3 rings (SSSR count). The van der Waals surface area contributed by atoms with Crippen LogP contribution in [0.2, 0.25) is 0 Å². The Kier molecular flexibility index (Phi) is 2.34. The van der Waals surface area contributed by atoms with Gasteiger partial charge in [-0.15, -0.1) is 0 Å². The summed E-state index contributed by atoms with van der Waals surface area (Å²) in [4.78, 5) is 17.9. The van der Waals surface area contributed by atoms with Crippen molar-refractivity contribution in [2.75, 3.05) is 0 Å². The number of aromatic carboxylic acids is 1. The number of nitrogens with one attached hydrogen (secondary N) is 1. The summed E-state index contributed by atoms with van der Waals surface area (Å²) in [6.45, 7) is 1.66. The van der Waals surface area contributed by atoms with Crippen LogP contribution in [0.3, 0.4) is 0 Å². The van der Waals surface area contributed by atoms with Gasteiger partial charge in [0, 0.05) is 12.3 Å². The van der Waals surface area contributed by atoms with Gasteiger partial charge in [0.1, 0.15) is 5.82 Å². The van der Waals surface area contributed by atoms with Crippen molar-refractivity contribution >= 4 is 17.0 Å². The lowest BCUT2D eigenvalue weighted by Gasteiger charge is -1.93. The van der Waals surface area contributed by atoms with Gasteiger partial charge in [-0.3, -0.25) is 0 Å². The molecule has 0 aliphatic carbocycles. The van der Waals surface area contributed by atoms with E-state index in [2.05, 4.69) is 15.1 Å². The molecule has 19 heavy (non-hydrogen) atoms. The number of hydrogen-bond donors (Lipinski definition) is 2. The molecule has 0 fully saturated rings. The molecule has 2 aromatic heterocycles. The van der Waals surface area contributed by atoms with Gasteiger partial charge in [-0.1, -0.05) is 0 Å².